The fraction of sp³-hybridized carbons (Fsp3) is 0.500. The lowest BCUT2D eigenvalue weighted by atomic mass is 10.0. The van der Waals surface area contributed by atoms with Crippen LogP contribution in [0.4, 0.5) is 0 Å². The third kappa shape index (κ3) is 2.81. The normalized spacial score (nSPS) is 14.3. The first-order chi connectivity index (χ1) is 9.17. The summed E-state index contributed by atoms with van der Waals surface area (Å²) in [6.07, 6.45) is 3.51. The molecule has 0 spiro atoms. The van der Waals surface area contributed by atoms with E-state index in [-0.39, 0.29) is 12.0 Å². The van der Waals surface area contributed by atoms with Crippen molar-refractivity contribution in [1.29, 1.82) is 0 Å². The lowest BCUT2D eigenvalue weighted by molar-refractivity contribution is 0.340. The fourth-order valence-corrected chi connectivity index (χ4v) is 1.98. The van der Waals surface area contributed by atoms with Gasteiger partial charge in [0, 0.05) is 12.2 Å². The molecule has 2 aromatic rings. The van der Waals surface area contributed by atoms with Crippen LogP contribution in [0.1, 0.15) is 44.6 Å². The minimum absolute atomic E-state index is 0.0303. The number of pyridine rings is 1. The topological polar surface area (TPSA) is 77.8 Å². The van der Waals surface area contributed by atoms with E-state index in [0.29, 0.717) is 11.7 Å². The summed E-state index contributed by atoms with van der Waals surface area (Å²) in [6, 6.07) is 3.97. The largest absolute Gasteiger partial charge is 0.339 e. The van der Waals surface area contributed by atoms with Crippen molar-refractivity contribution in [1.82, 2.24) is 15.1 Å². The van der Waals surface area contributed by atoms with Gasteiger partial charge in [-0.2, -0.15) is 4.98 Å². The third-order valence-electron chi connectivity index (χ3n) is 3.43. The van der Waals surface area contributed by atoms with Gasteiger partial charge in [-0.3, -0.25) is 4.98 Å². The number of aryl methyl sites for hydroxylation is 1. The van der Waals surface area contributed by atoms with E-state index >= 15 is 0 Å². The lowest BCUT2D eigenvalue weighted by Gasteiger charge is -2.13. The molecule has 0 bridgehead atoms. The molecule has 0 aliphatic carbocycles. The predicted octanol–water partition coefficient (Wildman–Crippen LogP) is 2.53. The number of aromatic nitrogens is 3. The molecule has 0 amide bonds. The van der Waals surface area contributed by atoms with Crippen LogP contribution in [0, 0.1) is 0 Å². The Hall–Kier alpha value is -1.75. The minimum Gasteiger partial charge on any atom is -0.339 e. The molecule has 2 unspecified atom stereocenters. The molecule has 0 fully saturated rings. The van der Waals surface area contributed by atoms with Crippen LogP contribution in [0.25, 0.3) is 11.5 Å². The molecule has 2 heterocycles. The Morgan fingerprint density at radius 2 is 2.16 bits per heavy atom. The molecule has 19 heavy (non-hydrogen) atoms. The second-order valence-electron chi connectivity index (χ2n) is 4.68. The van der Waals surface area contributed by atoms with Gasteiger partial charge in [-0.15, -0.1) is 0 Å². The van der Waals surface area contributed by atoms with E-state index in [1.165, 1.54) is 0 Å². The zero-order chi connectivity index (χ0) is 13.8. The van der Waals surface area contributed by atoms with E-state index in [1.807, 2.05) is 26.0 Å². The van der Waals surface area contributed by atoms with Gasteiger partial charge >= 0.3 is 0 Å². The summed E-state index contributed by atoms with van der Waals surface area (Å²) in [5, 5.41) is 4.03. The molecule has 0 saturated heterocycles. The molecular weight excluding hydrogens is 240 g/mol. The third-order valence-corrected chi connectivity index (χ3v) is 3.43. The van der Waals surface area contributed by atoms with Crippen LogP contribution in [0.2, 0.25) is 0 Å². The zero-order valence-electron chi connectivity index (χ0n) is 11.6. The van der Waals surface area contributed by atoms with Gasteiger partial charge in [0.05, 0.1) is 5.92 Å². The second-order valence-corrected chi connectivity index (χ2v) is 4.68. The van der Waals surface area contributed by atoms with E-state index in [1.54, 1.807) is 6.20 Å². The molecule has 102 valence electrons. The Balaban J connectivity index is 2.30. The van der Waals surface area contributed by atoms with Crippen LogP contribution >= 0.6 is 0 Å². The first-order valence-electron chi connectivity index (χ1n) is 6.70. The van der Waals surface area contributed by atoms with E-state index in [0.717, 1.165) is 24.1 Å². The highest BCUT2D eigenvalue weighted by atomic mass is 16.5. The van der Waals surface area contributed by atoms with Crippen molar-refractivity contribution < 1.29 is 4.52 Å². The summed E-state index contributed by atoms with van der Waals surface area (Å²) in [5.41, 5.74) is 7.91. The molecule has 0 radical (unpaired) electrons. The van der Waals surface area contributed by atoms with Crippen molar-refractivity contribution >= 4 is 0 Å². The van der Waals surface area contributed by atoms with Gasteiger partial charge in [0.2, 0.25) is 11.7 Å². The van der Waals surface area contributed by atoms with Crippen molar-refractivity contribution in [2.45, 2.75) is 45.6 Å². The number of hydrogen-bond acceptors (Lipinski definition) is 5. The van der Waals surface area contributed by atoms with E-state index in [9.17, 15) is 0 Å². The fourth-order valence-electron chi connectivity index (χ4n) is 1.98. The number of nitrogens with zero attached hydrogens (tertiary/aromatic N) is 3. The standard InChI is InChI=1S/C14H20N4O/c1-4-10-7-6-8-16-12(10)13-17-14(19-18-13)9(3)11(15)5-2/h6-9,11H,4-5,15H2,1-3H3. The van der Waals surface area contributed by atoms with Crippen molar-refractivity contribution in [2.75, 3.05) is 0 Å². The van der Waals surface area contributed by atoms with Crippen LogP contribution in [0.15, 0.2) is 22.9 Å². The van der Waals surface area contributed by atoms with E-state index in [2.05, 4.69) is 22.0 Å². The molecule has 0 aromatic carbocycles. The monoisotopic (exact) mass is 260 g/mol. The summed E-state index contributed by atoms with van der Waals surface area (Å²) in [6.45, 7) is 6.13. The summed E-state index contributed by atoms with van der Waals surface area (Å²) in [7, 11) is 0. The Labute approximate surface area is 113 Å². The Morgan fingerprint density at radius 3 is 2.84 bits per heavy atom. The lowest BCUT2D eigenvalue weighted by Crippen LogP contribution is -2.25. The van der Waals surface area contributed by atoms with Crippen LogP contribution < -0.4 is 5.73 Å². The van der Waals surface area contributed by atoms with Crippen molar-refractivity contribution in [3.8, 4) is 11.5 Å². The highest BCUT2D eigenvalue weighted by Crippen LogP contribution is 2.23. The quantitative estimate of drug-likeness (QED) is 0.893. The first kappa shape index (κ1) is 13.7. The molecule has 5 nitrogen and oxygen atoms in total. The van der Waals surface area contributed by atoms with Crippen LogP contribution in [0.3, 0.4) is 0 Å². The highest BCUT2D eigenvalue weighted by Gasteiger charge is 2.21. The van der Waals surface area contributed by atoms with Crippen molar-refractivity contribution in [3.05, 3.63) is 29.8 Å². The Bertz CT molecular complexity index is 538. The smallest absolute Gasteiger partial charge is 0.231 e. The van der Waals surface area contributed by atoms with Gasteiger partial charge in [0.1, 0.15) is 5.69 Å². The highest BCUT2D eigenvalue weighted by molar-refractivity contribution is 5.53. The van der Waals surface area contributed by atoms with E-state index in [4.69, 9.17) is 10.3 Å². The number of rotatable bonds is 5. The molecular formula is C14H20N4O. The first-order valence-corrected chi connectivity index (χ1v) is 6.70. The summed E-state index contributed by atoms with van der Waals surface area (Å²) >= 11 is 0. The van der Waals surface area contributed by atoms with Crippen LogP contribution in [-0.2, 0) is 6.42 Å². The molecule has 2 N–H and O–H groups in total. The second kappa shape index (κ2) is 5.93. The number of hydrogen-bond donors (Lipinski definition) is 1. The predicted molar refractivity (Wildman–Crippen MR) is 73.6 cm³/mol. The molecule has 0 saturated carbocycles. The van der Waals surface area contributed by atoms with Gasteiger partial charge in [-0.25, -0.2) is 0 Å². The molecule has 2 rings (SSSR count). The SMILES string of the molecule is CCc1cccnc1-c1noc(C(C)C(N)CC)n1. The van der Waals surface area contributed by atoms with Crippen LogP contribution in [-0.4, -0.2) is 21.2 Å². The summed E-state index contributed by atoms with van der Waals surface area (Å²) < 4.78 is 5.32. The van der Waals surface area contributed by atoms with Crippen molar-refractivity contribution in [3.63, 3.8) is 0 Å². The maximum absolute atomic E-state index is 6.01. The number of nitrogens with two attached hydrogens (primary N) is 1. The summed E-state index contributed by atoms with van der Waals surface area (Å²) in [4.78, 5) is 8.78. The maximum atomic E-state index is 6.01. The molecule has 5 heteroatoms. The van der Waals surface area contributed by atoms with Gasteiger partial charge in [-0.1, -0.05) is 32.0 Å². The zero-order valence-corrected chi connectivity index (χ0v) is 11.6. The average molecular weight is 260 g/mol. The van der Waals surface area contributed by atoms with Gasteiger partial charge in [0.25, 0.3) is 0 Å². The van der Waals surface area contributed by atoms with Gasteiger partial charge in [0.15, 0.2) is 0 Å². The Morgan fingerprint density at radius 1 is 1.37 bits per heavy atom. The van der Waals surface area contributed by atoms with Gasteiger partial charge < -0.3 is 10.3 Å². The maximum Gasteiger partial charge on any atom is 0.231 e. The van der Waals surface area contributed by atoms with Crippen molar-refractivity contribution in [2.24, 2.45) is 5.73 Å². The molecule has 2 atom stereocenters. The Kier molecular flexibility index (Phi) is 4.27. The molecule has 0 aliphatic rings. The van der Waals surface area contributed by atoms with Gasteiger partial charge in [-0.05, 0) is 24.5 Å². The summed E-state index contributed by atoms with van der Waals surface area (Å²) in [5.74, 6) is 1.18. The minimum atomic E-state index is 0.0303. The molecule has 0 aliphatic heterocycles. The van der Waals surface area contributed by atoms with Crippen LogP contribution in [0.5, 0.6) is 0 Å². The molecule has 2 aromatic heterocycles. The van der Waals surface area contributed by atoms with E-state index < -0.39 is 0 Å². The average Bonchev–Trinajstić information content (AvgIpc) is 2.95.